The third-order valence-corrected chi connectivity index (χ3v) is 5.33. The van der Waals surface area contributed by atoms with Gasteiger partial charge in [0.1, 0.15) is 11.7 Å². The van der Waals surface area contributed by atoms with Crippen LogP contribution in [0.15, 0.2) is 72.9 Å². The van der Waals surface area contributed by atoms with Gasteiger partial charge in [0.15, 0.2) is 0 Å². The lowest BCUT2D eigenvalue weighted by molar-refractivity contribution is -0.141. The van der Waals surface area contributed by atoms with Gasteiger partial charge in [0.25, 0.3) is 0 Å². The number of rotatable bonds is 8. The monoisotopic (exact) mass is 461 g/mol. The molecular weight excluding hydrogens is 439 g/mol. The molecule has 0 saturated heterocycles. The van der Waals surface area contributed by atoms with E-state index in [1.807, 2.05) is 48.5 Å². The number of aromatic nitrogens is 1. The van der Waals surface area contributed by atoms with Crippen LogP contribution in [0.3, 0.4) is 0 Å². The molecule has 3 rings (SSSR count). The van der Waals surface area contributed by atoms with E-state index in [9.17, 15) is 18.0 Å². The van der Waals surface area contributed by atoms with E-state index >= 15 is 0 Å². The predicted molar refractivity (Wildman–Crippen MR) is 118 cm³/mol. The van der Waals surface area contributed by atoms with Crippen LogP contribution in [0.5, 0.6) is 0 Å². The fraction of sp³-hybridized carbons (Fsp3) is 0.250. The quantitative estimate of drug-likeness (QED) is 0.465. The normalized spacial score (nSPS) is 13.4. The lowest BCUT2D eigenvalue weighted by Gasteiger charge is -2.26. The summed E-state index contributed by atoms with van der Waals surface area (Å²) in [4.78, 5) is 16.2. The molecule has 1 heterocycles. The van der Waals surface area contributed by atoms with Crippen molar-refractivity contribution in [1.29, 1.82) is 0 Å². The van der Waals surface area contributed by atoms with Crippen LogP contribution in [0.1, 0.15) is 40.9 Å². The molecule has 3 aromatic rings. The molecule has 8 heteroatoms. The van der Waals surface area contributed by atoms with Gasteiger partial charge in [0.05, 0.1) is 0 Å². The van der Waals surface area contributed by atoms with Crippen LogP contribution in [0.4, 0.5) is 13.2 Å². The van der Waals surface area contributed by atoms with Gasteiger partial charge in [0, 0.05) is 24.3 Å². The number of amides is 1. The van der Waals surface area contributed by atoms with Crippen molar-refractivity contribution in [3.8, 4) is 0 Å². The van der Waals surface area contributed by atoms with E-state index in [1.54, 1.807) is 13.1 Å². The molecule has 0 aliphatic carbocycles. The predicted octanol–water partition coefficient (Wildman–Crippen LogP) is 5.50. The molecule has 0 bridgehead atoms. The fourth-order valence-electron chi connectivity index (χ4n) is 3.43. The van der Waals surface area contributed by atoms with E-state index in [1.165, 1.54) is 12.3 Å². The molecular formula is C24H23ClF3N3O. The van der Waals surface area contributed by atoms with E-state index in [-0.39, 0.29) is 11.9 Å². The Balaban J connectivity index is 1.84. The average molecular weight is 462 g/mol. The summed E-state index contributed by atoms with van der Waals surface area (Å²) in [6, 6.07) is 18.1. The molecule has 0 spiro atoms. The molecule has 0 unspecified atom stereocenters. The number of pyridine rings is 1. The highest BCUT2D eigenvalue weighted by atomic mass is 35.5. The maximum atomic E-state index is 12.8. The number of aryl methyl sites for hydroxylation is 1. The Morgan fingerprint density at radius 1 is 1.03 bits per heavy atom. The second kappa shape index (κ2) is 10.6. The number of likely N-dealkylation sites (N-methyl/N-ethyl adjacent to an activating group) is 1. The first-order valence-corrected chi connectivity index (χ1v) is 10.5. The van der Waals surface area contributed by atoms with Crippen molar-refractivity contribution in [3.63, 3.8) is 0 Å². The van der Waals surface area contributed by atoms with Crippen molar-refractivity contribution < 1.29 is 18.0 Å². The molecule has 32 heavy (non-hydrogen) atoms. The van der Waals surface area contributed by atoms with Crippen LogP contribution in [0.2, 0.25) is 5.02 Å². The zero-order chi connectivity index (χ0) is 23.1. The largest absolute Gasteiger partial charge is 0.433 e. The number of carbonyl (C=O) groups is 1. The van der Waals surface area contributed by atoms with E-state index in [0.717, 1.165) is 17.2 Å². The fourth-order valence-corrected chi connectivity index (χ4v) is 3.63. The summed E-state index contributed by atoms with van der Waals surface area (Å²) in [5, 5.41) is 6.64. The van der Waals surface area contributed by atoms with E-state index in [0.29, 0.717) is 23.4 Å². The summed E-state index contributed by atoms with van der Waals surface area (Å²) >= 11 is 6.19. The minimum Gasteiger partial charge on any atom is -0.358 e. The van der Waals surface area contributed by atoms with Gasteiger partial charge in [-0.3, -0.25) is 15.1 Å². The van der Waals surface area contributed by atoms with Gasteiger partial charge in [-0.15, -0.1) is 0 Å². The van der Waals surface area contributed by atoms with Crippen LogP contribution in [0.25, 0.3) is 0 Å². The first-order chi connectivity index (χ1) is 15.3. The topological polar surface area (TPSA) is 54.0 Å². The Kier molecular flexibility index (Phi) is 7.88. The van der Waals surface area contributed by atoms with Gasteiger partial charge in [-0.05, 0) is 47.7 Å². The second-order valence-corrected chi connectivity index (χ2v) is 7.76. The molecule has 0 fully saturated rings. The van der Waals surface area contributed by atoms with Crippen molar-refractivity contribution >= 4 is 17.5 Å². The zero-order valence-corrected chi connectivity index (χ0v) is 18.1. The molecule has 0 aliphatic heterocycles. The van der Waals surface area contributed by atoms with Gasteiger partial charge >= 0.3 is 6.18 Å². The second-order valence-electron chi connectivity index (χ2n) is 7.32. The first kappa shape index (κ1) is 23.8. The van der Waals surface area contributed by atoms with Gasteiger partial charge < -0.3 is 5.32 Å². The molecule has 2 N–H and O–H groups in total. The molecule has 0 aliphatic rings. The minimum absolute atomic E-state index is 0.195. The van der Waals surface area contributed by atoms with Gasteiger partial charge in [-0.2, -0.15) is 13.2 Å². The van der Waals surface area contributed by atoms with Crippen molar-refractivity contribution in [2.24, 2.45) is 0 Å². The molecule has 4 nitrogen and oxygen atoms in total. The molecule has 0 radical (unpaired) electrons. The third-order valence-electron chi connectivity index (χ3n) is 5.10. The van der Waals surface area contributed by atoms with E-state index in [2.05, 4.69) is 15.6 Å². The Morgan fingerprint density at radius 2 is 1.75 bits per heavy atom. The van der Waals surface area contributed by atoms with Crippen molar-refractivity contribution in [2.75, 3.05) is 7.05 Å². The summed E-state index contributed by atoms with van der Waals surface area (Å²) in [6.07, 6.45) is -2.25. The highest BCUT2D eigenvalue weighted by Crippen LogP contribution is 2.29. The van der Waals surface area contributed by atoms with Crippen molar-refractivity contribution in [2.45, 2.75) is 31.1 Å². The highest BCUT2D eigenvalue weighted by molar-refractivity contribution is 6.30. The van der Waals surface area contributed by atoms with Gasteiger partial charge in [-0.25, -0.2) is 0 Å². The van der Waals surface area contributed by atoms with Crippen LogP contribution >= 0.6 is 11.6 Å². The van der Waals surface area contributed by atoms with Crippen LogP contribution in [-0.2, 0) is 17.4 Å². The van der Waals surface area contributed by atoms with Crippen molar-refractivity contribution in [1.82, 2.24) is 15.6 Å². The maximum Gasteiger partial charge on any atom is 0.433 e. The molecule has 1 aromatic heterocycles. The number of benzene rings is 2. The zero-order valence-electron chi connectivity index (χ0n) is 17.4. The summed E-state index contributed by atoms with van der Waals surface area (Å²) in [6.45, 7) is 0. The minimum atomic E-state index is -4.47. The van der Waals surface area contributed by atoms with Crippen LogP contribution in [0, 0.1) is 0 Å². The lowest BCUT2D eigenvalue weighted by Crippen LogP contribution is -2.38. The molecule has 1 amide bonds. The summed E-state index contributed by atoms with van der Waals surface area (Å²) in [5.74, 6) is -0.195. The number of hydrogen-bond donors (Lipinski definition) is 2. The molecule has 2 atom stereocenters. The molecule has 2 aromatic carbocycles. The standard InChI is InChI=1S/C24H23ClF3N3O/c1-29-23(32)22(17-6-3-2-4-7-17)31-20(18-8-5-9-19(25)14-18)12-10-16-11-13-21(30-15-16)24(26,27)28/h2-9,11,13-15,20,22,31H,10,12H2,1H3,(H,29,32)/t20-,22-/m1/s1. The summed E-state index contributed by atoms with van der Waals surface area (Å²) < 4.78 is 38.4. The van der Waals surface area contributed by atoms with Gasteiger partial charge in [0.2, 0.25) is 5.91 Å². The number of nitrogens with zero attached hydrogens (tertiary/aromatic N) is 1. The number of carbonyl (C=O) groups excluding carboxylic acids is 1. The summed E-state index contributed by atoms with van der Waals surface area (Å²) in [5.41, 5.74) is 1.43. The Bertz CT molecular complexity index is 1030. The SMILES string of the molecule is CNC(=O)[C@H](N[C@H](CCc1ccc(C(F)(F)F)nc1)c1cccc(Cl)c1)c1ccccc1. The number of nitrogens with one attached hydrogen (secondary N) is 2. The average Bonchev–Trinajstić information content (AvgIpc) is 2.79. The number of hydrogen-bond acceptors (Lipinski definition) is 3. The van der Waals surface area contributed by atoms with Crippen LogP contribution < -0.4 is 10.6 Å². The van der Waals surface area contributed by atoms with E-state index < -0.39 is 17.9 Å². The Morgan fingerprint density at radius 3 is 2.34 bits per heavy atom. The smallest absolute Gasteiger partial charge is 0.358 e. The van der Waals surface area contributed by atoms with E-state index in [4.69, 9.17) is 11.6 Å². The summed E-state index contributed by atoms with van der Waals surface area (Å²) in [7, 11) is 1.57. The molecule has 168 valence electrons. The number of alkyl halides is 3. The Hall–Kier alpha value is -2.90. The van der Waals surface area contributed by atoms with Crippen LogP contribution in [-0.4, -0.2) is 17.9 Å². The Labute approximate surface area is 189 Å². The van der Waals surface area contributed by atoms with Gasteiger partial charge in [-0.1, -0.05) is 60.1 Å². The number of halogens is 4. The highest BCUT2D eigenvalue weighted by Gasteiger charge is 2.32. The lowest BCUT2D eigenvalue weighted by atomic mass is 9.96. The first-order valence-electron chi connectivity index (χ1n) is 10.1. The third kappa shape index (κ3) is 6.31. The maximum absolute atomic E-state index is 12.8. The molecule has 0 saturated carbocycles. The van der Waals surface area contributed by atoms with Crippen molar-refractivity contribution in [3.05, 3.63) is 100 Å².